The Morgan fingerprint density at radius 1 is 1.37 bits per heavy atom. The van der Waals surface area contributed by atoms with E-state index in [1.165, 1.54) is 24.0 Å². The molecule has 1 aliphatic rings. The molecule has 0 radical (unpaired) electrons. The highest BCUT2D eigenvalue weighted by Gasteiger charge is 2.30. The summed E-state index contributed by atoms with van der Waals surface area (Å²) in [6.07, 6.45) is 3.63. The van der Waals surface area contributed by atoms with Crippen molar-refractivity contribution in [3.63, 3.8) is 0 Å². The maximum Gasteiger partial charge on any atom is 0.153 e. The highest BCUT2D eigenvalue weighted by Crippen LogP contribution is 2.42. The lowest BCUT2D eigenvalue weighted by molar-refractivity contribution is 0.425. The maximum absolute atomic E-state index is 11.4. The molecule has 0 amide bonds. The Labute approximate surface area is 119 Å². The standard InChI is InChI=1S/C13H22N2O2S2/c1-13(2,3)14-7-10-12(9-5-6-9)15-11(18-10)8-19(4,16)17/h9,14H,5-8H2,1-4H3. The first-order chi connectivity index (χ1) is 8.64. The Kier molecular flexibility index (Phi) is 4.05. The van der Waals surface area contributed by atoms with Crippen molar-refractivity contribution in [2.24, 2.45) is 0 Å². The van der Waals surface area contributed by atoms with E-state index in [0.29, 0.717) is 5.92 Å². The summed E-state index contributed by atoms with van der Waals surface area (Å²) in [5, 5.41) is 4.19. The Morgan fingerprint density at radius 3 is 2.47 bits per heavy atom. The molecule has 19 heavy (non-hydrogen) atoms. The summed E-state index contributed by atoms with van der Waals surface area (Å²) in [5.41, 5.74) is 1.18. The van der Waals surface area contributed by atoms with E-state index in [9.17, 15) is 8.42 Å². The van der Waals surface area contributed by atoms with Crippen LogP contribution in [0.3, 0.4) is 0 Å². The second kappa shape index (κ2) is 5.14. The van der Waals surface area contributed by atoms with E-state index < -0.39 is 9.84 Å². The lowest BCUT2D eigenvalue weighted by Gasteiger charge is -2.20. The molecule has 4 nitrogen and oxygen atoms in total. The van der Waals surface area contributed by atoms with Gasteiger partial charge in [-0.3, -0.25) is 0 Å². The zero-order valence-corrected chi connectivity index (χ0v) is 13.6. The van der Waals surface area contributed by atoms with Crippen molar-refractivity contribution in [1.29, 1.82) is 0 Å². The van der Waals surface area contributed by atoms with Crippen LogP contribution >= 0.6 is 11.3 Å². The summed E-state index contributed by atoms with van der Waals surface area (Å²) in [4.78, 5) is 5.76. The highest BCUT2D eigenvalue weighted by molar-refractivity contribution is 7.90. The van der Waals surface area contributed by atoms with Gasteiger partial charge in [-0.1, -0.05) is 0 Å². The second-order valence-electron chi connectivity index (χ2n) is 6.36. The zero-order valence-electron chi connectivity index (χ0n) is 12.0. The number of sulfone groups is 1. The minimum absolute atomic E-state index is 0.0573. The van der Waals surface area contributed by atoms with Crippen molar-refractivity contribution in [3.05, 3.63) is 15.6 Å². The van der Waals surface area contributed by atoms with Gasteiger partial charge in [0.2, 0.25) is 0 Å². The van der Waals surface area contributed by atoms with E-state index in [0.717, 1.165) is 17.2 Å². The lowest BCUT2D eigenvalue weighted by Crippen LogP contribution is -2.35. The van der Waals surface area contributed by atoms with E-state index >= 15 is 0 Å². The van der Waals surface area contributed by atoms with Crippen LogP contribution in [-0.4, -0.2) is 25.2 Å². The number of aromatic nitrogens is 1. The number of thiazole rings is 1. The third-order valence-corrected chi connectivity index (χ3v) is 4.95. The summed E-state index contributed by atoms with van der Waals surface area (Å²) in [6, 6.07) is 0. The van der Waals surface area contributed by atoms with Crippen LogP contribution in [0, 0.1) is 0 Å². The Hall–Kier alpha value is -0.460. The molecule has 108 valence electrons. The molecule has 0 unspecified atom stereocenters. The summed E-state index contributed by atoms with van der Waals surface area (Å²) in [5.74, 6) is 0.619. The minimum Gasteiger partial charge on any atom is -0.307 e. The largest absolute Gasteiger partial charge is 0.307 e. The van der Waals surface area contributed by atoms with Crippen LogP contribution in [0.1, 0.15) is 55.1 Å². The van der Waals surface area contributed by atoms with E-state index in [1.54, 1.807) is 11.3 Å². The average Bonchev–Trinajstić information content (AvgIpc) is 2.96. The fourth-order valence-electron chi connectivity index (χ4n) is 1.85. The van der Waals surface area contributed by atoms with Gasteiger partial charge in [-0.05, 0) is 33.6 Å². The first kappa shape index (κ1) is 14.9. The molecule has 0 aromatic carbocycles. The van der Waals surface area contributed by atoms with Gasteiger partial charge in [0.25, 0.3) is 0 Å². The lowest BCUT2D eigenvalue weighted by atomic mass is 10.1. The molecule has 2 rings (SSSR count). The van der Waals surface area contributed by atoms with Gasteiger partial charge in [0.15, 0.2) is 9.84 Å². The van der Waals surface area contributed by atoms with Gasteiger partial charge in [0, 0.05) is 29.1 Å². The molecule has 1 aliphatic carbocycles. The van der Waals surface area contributed by atoms with Gasteiger partial charge in [0.05, 0.1) is 5.69 Å². The van der Waals surface area contributed by atoms with E-state index in [4.69, 9.17) is 0 Å². The van der Waals surface area contributed by atoms with Gasteiger partial charge >= 0.3 is 0 Å². The molecule has 0 aliphatic heterocycles. The molecular formula is C13H22N2O2S2. The summed E-state index contributed by atoms with van der Waals surface area (Å²) < 4.78 is 22.7. The van der Waals surface area contributed by atoms with Crippen LogP contribution in [0.4, 0.5) is 0 Å². The van der Waals surface area contributed by atoms with Gasteiger partial charge < -0.3 is 5.32 Å². The van der Waals surface area contributed by atoms with Crippen LogP contribution in [0.25, 0.3) is 0 Å². The summed E-state index contributed by atoms with van der Waals surface area (Å²) >= 11 is 1.54. The van der Waals surface area contributed by atoms with Crippen molar-refractivity contribution in [2.45, 2.75) is 57.4 Å². The first-order valence-corrected chi connectivity index (χ1v) is 9.43. The molecule has 1 fully saturated rings. The predicted molar refractivity (Wildman–Crippen MR) is 79.2 cm³/mol. The molecular weight excluding hydrogens is 280 g/mol. The molecule has 1 aromatic heterocycles. The molecule has 1 aromatic rings. The molecule has 0 spiro atoms. The van der Waals surface area contributed by atoms with Crippen LogP contribution in [0.2, 0.25) is 0 Å². The van der Waals surface area contributed by atoms with Crippen LogP contribution in [0.5, 0.6) is 0 Å². The number of nitrogens with zero attached hydrogens (tertiary/aromatic N) is 1. The minimum atomic E-state index is -3.00. The van der Waals surface area contributed by atoms with Gasteiger partial charge in [-0.2, -0.15) is 0 Å². The van der Waals surface area contributed by atoms with Crippen LogP contribution < -0.4 is 5.32 Å². The molecule has 0 atom stereocenters. The number of rotatable bonds is 5. The van der Waals surface area contributed by atoms with Gasteiger partial charge in [-0.15, -0.1) is 11.3 Å². The van der Waals surface area contributed by atoms with Crippen molar-refractivity contribution >= 4 is 21.2 Å². The predicted octanol–water partition coefficient (Wildman–Crippen LogP) is 2.45. The van der Waals surface area contributed by atoms with E-state index in [2.05, 4.69) is 31.1 Å². The molecule has 0 bridgehead atoms. The molecule has 1 N–H and O–H groups in total. The zero-order chi connectivity index (χ0) is 14.3. The average molecular weight is 302 g/mol. The summed E-state index contributed by atoms with van der Waals surface area (Å²) in [6.45, 7) is 7.16. The third kappa shape index (κ3) is 4.85. The molecule has 1 heterocycles. The Balaban J connectivity index is 2.16. The number of hydrogen-bond acceptors (Lipinski definition) is 5. The summed E-state index contributed by atoms with van der Waals surface area (Å²) in [7, 11) is -3.00. The first-order valence-electron chi connectivity index (χ1n) is 6.55. The smallest absolute Gasteiger partial charge is 0.153 e. The van der Waals surface area contributed by atoms with Crippen molar-refractivity contribution < 1.29 is 8.42 Å². The topological polar surface area (TPSA) is 59.1 Å². The fraction of sp³-hybridized carbons (Fsp3) is 0.769. The van der Waals surface area contributed by atoms with E-state index in [-0.39, 0.29) is 11.3 Å². The molecule has 6 heteroatoms. The van der Waals surface area contributed by atoms with Crippen molar-refractivity contribution in [1.82, 2.24) is 10.3 Å². The maximum atomic E-state index is 11.4. The van der Waals surface area contributed by atoms with Crippen LogP contribution in [0.15, 0.2) is 0 Å². The highest BCUT2D eigenvalue weighted by atomic mass is 32.2. The van der Waals surface area contributed by atoms with Gasteiger partial charge in [0.1, 0.15) is 10.8 Å². The van der Waals surface area contributed by atoms with Crippen molar-refractivity contribution in [3.8, 4) is 0 Å². The normalized spacial score (nSPS) is 16.8. The molecule has 1 saturated carbocycles. The Bertz CT molecular complexity index is 552. The molecule has 0 saturated heterocycles. The number of hydrogen-bond donors (Lipinski definition) is 1. The van der Waals surface area contributed by atoms with Crippen molar-refractivity contribution in [2.75, 3.05) is 6.26 Å². The monoisotopic (exact) mass is 302 g/mol. The fourth-order valence-corrected chi connectivity index (χ4v) is 4.13. The van der Waals surface area contributed by atoms with Gasteiger partial charge in [-0.25, -0.2) is 13.4 Å². The van der Waals surface area contributed by atoms with Crippen LogP contribution in [-0.2, 0) is 22.1 Å². The number of nitrogens with one attached hydrogen (secondary N) is 1. The third-order valence-electron chi connectivity index (χ3n) is 2.90. The van der Waals surface area contributed by atoms with E-state index in [1.807, 2.05) is 0 Å². The quantitative estimate of drug-likeness (QED) is 0.907. The Morgan fingerprint density at radius 2 is 2.00 bits per heavy atom. The SMILES string of the molecule is CC(C)(C)NCc1sc(CS(C)(=O)=O)nc1C1CC1. The second-order valence-corrected chi connectivity index (χ2v) is 9.67.